The highest BCUT2D eigenvalue weighted by molar-refractivity contribution is 5.93. The number of aromatic nitrogens is 1. The molecular formula is C16H19N3O. The molecule has 1 aromatic carbocycles. The topological polar surface area (TPSA) is 36.4 Å². The molecule has 0 unspecified atom stereocenters. The number of pyridine rings is 1. The summed E-state index contributed by atoms with van der Waals surface area (Å²) in [7, 11) is 7.48. The molecule has 0 saturated heterocycles. The maximum atomic E-state index is 11.8. The third kappa shape index (κ3) is 2.96. The highest BCUT2D eigenvalue weighted by Crippen LogP contribution is 2.22. The summed E-state index contributed by atoms with van der Waals surface area (Å²) in [6.45, 7) is 0. The van der Waals surface area contributed by atoms with Gasteiger partial charge < -0.3 is 9.80 Å². The van der Waals surface area contributed by atoms with Crippen LogP contribution in [0.15, 0.2) is 42.6 Å². The summed E-state index contributed by atoms with van der Waals surface area (Å²) >= 11 is 0. The van der Waals surface area contributed by atoms with Gasteiger partial charge in [-0.3, -0.25) is 9.78 Å². The van der Waals surface area contributed by atoms with Crippen molar-refractivity contribution in [1.82, 2.24) is 9.88 Å². The number of carbonyl (C=O) groups excluding carboxylic acids is 1. The summed E-state index contributed by atoms with van der Waals surface area (Å²) in [5, 5.41) is 0. The molecule has 2 aromatic rings. The number of benzene rings is 1. The summed E-state index contributed by atoms with van der Waals surface area (Å²) in [6, 6.07) is 11.8. The number of rotatable bonds is 3. The number of nitrogens with zero attached hydrogens (tertiary/aromatic N) is 3. The molecule has 0 bridgehead atoms. The Kier molecular flexibility index (Phi) is 4.03. The van der Waals surface area contributed by atoms with E-state index in [1.807, 2.05) is 49.3 Å². The Hall–Kier alpha value is -2.36. The van der Waals surface area contributed by atoms with Crippen LogP contribution < -0.4 is 4.90 Å². The highest BCUT2D eigenvalue weighted by Gasteiger charge is 2.09. The minimum atomic E-state index is -0.0360. The third-order valence-electron chi connectivity index (χ3n) is 3.07. The second kappa shape index (κ2) is 5.74. The zero-order valence-electron chi connectivity index (χ0n) is 12.3. The van der Waals surface area contributed by atoms with E-state index < -0.39 is 0 Å². The van der Waals surface area contributed by atoms with Crippen molar-refractivity contribution in [2.45, 2.75) is 0 Å². The molecule has 0 saturated carbocycles. The summed E-state index contributed by atoms with van der Waals surface area (Å²) in [6.07, 6.45) is 1.62. The second-order valence-corrected chi connectivity index (χ2v) is 5.08. The van der Waals surface area contributed by atoms with Gasteiger partial charge in [-0.15, -0.1) is 0 Å². The van der Waals surface area contributed by atoms with Gasteiger partial charge in [0.2, 0.25) is 0 Å². The summed E-state index contributed by atoms with van der Waals surface area (Å²) < 4.78 is 0. The Balaban J connectivity index is 2.30. The number of hydrogen-bond acceptors (Lipinski definition) is 3. The monoisotopic (exact) mass is 269 g/mol. The molecule has 104 valence electrons. The standard InChI is InChI=1S/C16H19N3O/c1-18(2)14-7-5-6-12(10-14)15-9-8-13(11-17-15)16(20)19(3)4/h5-11H,1-4H3. The van der Waals surface area contributed by atoms with E-state index in [-0.39, 0.29) is 5.91 Å². The first kappa shape index (κ1) is 14.1. The van der Waals surface area contributed by atoms with Crippen molar-refractivity contribution >= 4 is 11.6 Å². The third-order valence-corrected chi connectivity index (χ3v) is 3.07. The number of amides is 1. The Morgan fingerprint density at radius 2 is 1.80 bits per heavy atom. The van der Waals surface area contributed by atoms with Crippen LogP contribution >= 0.6 is 0 Å². The van der Waals surface area contributed by atoms with Crippen molar-refractivity contribution in [3.8, 4) is 11.3 Å². The molecule has 0 N–H and O–H groups in total. The zero-order chi connectivity index (χ0) is 14.7. The van der Waals surface area contributed by atoms with Gasteiger partial charge >= 0.3 is 0 Å². The minimum Gasteiger partial charge on any atom is -0.378 e. The summed E-state index contributed by atoms with van der Waals surface area (Å²) in [5.74, 6) is -0.0360. The maximum absolute atomic E-state index is 11.8. The molecule has 0 spiro atoms. The molecule has 0 atom stereocenters. The largest absolute Gasteiger partial charge is 0.378 e. The fourth-order valence-corrected chi connectivity index (χ4v) is 1.89. The Morgan fingerprint density at radius 1 is 1.05 bits per heavy atom. The highest BCUT2D eigenvalue weighted by atomic mass is 16.2. The van der Waals surface area contributed by atoms with Crippen LogP contribution in [0.4, 0.5) is 5.69 Å². The van der Waals surface area contributed by atoms with Crippen LogP contribution in [0, 0.1) is 0 Å². The first-order valence-corrected chi connectivity index (χ1v) is 6.44. The van der Waals surface area contributed by atoms with Gasteiger partial charge in [-0.2, -0.15) is 0 Å². The number of carbonyl (C=O) groups is 1. The average molecular weight is 269 g/mol. The van der Waals surface area contributed by atoms with Crippen LogP contribution in [0.3, 0.4) is 0 Å². The smallest absolute Gasteiger partial charge is 0.254 e. The van der Waals surface area contributed by atoms with Gasteiger partial charge in [-0.1, -0.05) is 12.1 Å². The van der Waals surface area contributed by atoms with Gasteiger partial charge in [-0.25, -0.2) is 0 Å². The first-order valence-electron chi connectivity index (χ1n) is 6.44. The van der Waals surface area contributed by atoms with Gasteiger partial charge in [-0.05, 0) is 24.3 Å². The van der Waals surface area contributed by atoms with Crippen LogP contribution in [-0.4, -0.2) is 44.0 Å². The Morgan fingerprint density at radius 3 is 2.35 bits per heavy atom. The van der Waals surface area contributed by atoms with E-state index in [1.54, 1.807) is 25.2 Å². The fourth-order valence-electron chi connectivity index (χ4n) is 1.89. The van der Waals surface area contributed by atoms with Gasteiger partial charge in [0.05, 0.1) is 11.3 Å². The first-order chi connectivity index (χ1) is 9.49. The molecule has 0 aliphatic rings. The van der Waals surface area contributed by atoms with Crippen LogP contribution in [0.25, 0.3) is 11.3 Å². The molecule has 0 radical (unpaired) electrons. The van der Waals surface area contributed by atoms with Crippen LogP contribution in [0.1, 0.15) is 10.4 Å². The predicted molar refractivity (Wildman–Crippen MR) is 82.0 cm³/mol. The van der Waals surface area contributed by atoms with Crippen LogP contribution in [0.5, 0.6) is 0 Å². The SMILES string of the molecule is CN(C)C(=O)c1ccc(-c2cccc(N(C)C)c2)nc1. The van der Waals surface area contributed by atoms with E-state index >= 15 is 0 Å². The molecule has 4 nitrogen and oxygen atoms in total. The van der Waals surface area contributed by atoms with Gasteiger partial charge in [0.15, 0.2) is 0 Å². The Labute approximate surface area is 119 Å². The predicted octanol–water partition coefficient (Wildman–Crippen LogP) is 2.52. The fraction of sp³-hybridized carbons (Fsp3) is 0.250. The van der Waals surface area contributed by atoms with Crippen LogP contribution in [0.2, 0.25) is 0 Å². The van der Waals surface area contributed by atoms with Crippen molar-refractivity contribution in [1.29, 1.82) is 0 Å². The summed E-state index contributed by atoms with van der Waals surface area (Å²) in [5.41, 5.74) is 3.63. The van der Waals surface area contributed by atoms with E-state index in [0.717, 1.165) is 16.9 Å². The molecule has 2 rings (SSSR count). The second-order valence-electron chi connectivity index (χ2n) is 5.08. The number of anilines is 1. The lowest BCUT2D eigenvalue weighted by atomic mass is 10.1. The van der Waals surface area contributed by atoms with E-state index in [9.17, 15) is 4.79 Å². The normalized spacial score (nSPS) is 10.2. The van der Waals surface area contributed by atoms with Crippen molar-refractivity contribution in [3.05, 3.63) is 48.2 Å². The molecule has 0 aliphatic carbocycles. The quantitative estimate of drug-likeness (QED) is 0.859. The van der Waals surface area contributed by atoms with Gasteiger partial charge in [0.1, 0.15) is 0 Å². The van der Waals surface area contributed by atoms with Crippen molar-refractivity contribution < 1.29 is 4.79 Å². The zero-order valence-corrected chi connectivity index (χ0v) is 12.3. The van der Waals surface area contributed by atoms with Gasteiger partial charge in [0, 0.05) is 45.6 Å². The van der Waals surface area contributed by atoms with E-state index in [2.05, 4.69) is 11.1 Å². The lowest BCUT2D eigenvalue weighted by molar-refractivity contribution is 0.0827. The van der Waals surface area contributed by atoms with E-state index in [4.69, 9.17) is 0 Å². The molecule has 1 amide bonds. The average Bonchev–Trinajstić information content (AvgIpc) is 2.46. The minimum absolute atomic E-state index is 0.0360. The van der Waals surface area contributed by atoms with Crippen molar-refractivity contribution in [3.63, 3.8) is 0 Å². The lowest BCUT2D eigenvalue weighted by Crippen LogP contribution is -2.21. The lowest BCUT2D eigenvalue weighted by Gasteiger charge is -2.13. The molecule has 4 heteroatoms. The Bertz CT molecular complexity index is 603. The molecule has 0 fully saturated rings. The molecular weight excluding hydrogens is 250 g/mol. The van der Waals surface area contributed by atoms with Crippen molar-refractivity contribution in [2.75, 3.05) is 33.1 Å². The molecule has 1 aromatic heterocycles. The number of hydrogen-bond donors (Lipinski definition) is 0. The molecule has 0 aliphatic heterocycles. The molecule has 1 heterocycles. The maximum Gasteiger partial charge on any atom is 0.254 e. The van der Waals surface area contributed by atoms with E-state index in [0.29, 0.717) is 5.56 Å². The van der Waals surface area contributed by atoms with Crippen LogP contribution in [-0.2, 0) is 0 Å². The van der Waals surface area contributed by atoms with E-state index in [1.165, 1.54) is 0 Å². The summed E-state index contributed by atoms with van der Waals surface area (Å²) in [4.78, 5) is 19.8. The van der Waals surface area contributed by atoms with Crippen molar-refractivity contribution in [2.24, 2.45) is 0 Å². The molecule has 20 heavy (non-hydrogen) atoms. The van der Waals surface area contributed by atoms with Gasteiger partial charge in [0.25, 0.3) is 5.91 Å².